The standard InChI is InChI=1S/C15H13ClO3S/c16-13-6-5-11(20-13)8-15(14(17)18)7-10-3-1-2-4-12(10)19-9-15/h1-6H,7-9H2,(H,17,18). The molecular formula is C15H13ClO3S. The number of halogens is 1. The Morgan fingerprint density at radius 1 is 1.35 bits per heavy atom. The Hall–Kier alpha value is -1.52. The summed E-state index contributed by atoms with van der Waals surface area (Å²) in [5, 5.41) is 9.67. The Morgan fingerprint density at radius 3 is 2.85 bits per heavy atom. The normalized spacial score (nSPS) is 21.1. The van der Waals surface area contributed by atoms with Crippen molar-refractivity contribution in [1.29, 1.82) is 0 Å². The van der Waals surface area contributed by atoms with Crippen molar-refractivity contribution in [2.45, 2.75) is 12.8 Å². The predicted octanol–water partition coefficient (Wildman–Crippen LogP) is 3.65. The number of carboxylic acids is 1. The van der Waals surface area contributed by atoms with Gasteiger partial charge in [-0.05, 0) is 30.2 Å². The number of fused-ring (bicyclic) bond motifs is 1. The van der Waals surface area contributed by atoms with Gasteiger partial charge in [-0.15, -0.1) is 11.3 Å². The van der Waals surface area contributed by atoms with Gasteiger partial charge in [0.25, 0.3) is 0 Å². The van der Waals surface area contributed by atoms with Crippen LogP contribution >= 0.6 is 22.9 Å². The van der Waals surface area contributed by atoms with Gasteiger partial charge in [0.15, 0.2) is 0 Å². The molecule has 0 saturated heterocycles. The quantitative estimate of drug-likeness (QED) is 0.941. The monoisotopic (exact) mass is 308 g/mol. The molecule has 1 N–H and O–H groups in total. The minimum atomic E-state index is -0.914. The van der Waals surface area contributed by atoms with Crippen LogP contribution in [-0.4, -0.2) is 17.7 Å². The molecule has 20 heavy (non-hydrogen) atoms. The number of benzene rings is 1. The highest BCUT2D eigenvalue weighted by atomic mass is 35.5. The Bertz CT molecular complexity index is 652. The van der Waals surface area contributed by atoms with Crippen LogP contribution < -0.4 is 4.74 Å². The average molecular weight is 309 g/mol. The lowest BCUT2D eigenvalue weighted by molar-refractivity contribution is -0.151. The smallest absolute Gasteiger partial charge is 0.313 e. The number of ether oxygens (including phenoxy) is 1. The second-order valence-electron chi connectivity index (χ2n) is 5.04. The summed E-state index contributed by atoms with van der Waals surface area (Å²) >= 11 is 7.35. The molecule has 0 saturated carbocycles. The highest BCUT2D eigenvalue weighted by Gasteiger charge is 2.43. The summed E-state index contributed by atoms with van der Waals surface area (Å²) in [7, 11) is 0. The molecule has 3 rings (SSSR count). The van der Waals surface area contributed by atoms with Crippen LogP contribution in [0.3, 0.4) is 0 Å². The van der Waals surface area contributed by atoms with E-state index in [2.05, 4.69) is 0 Å². The number of aliphatic carboxylic acids is 1. The van der Waals surface area contributed by atoms with Gasteiger partial charge in [0.2, 0.25) is 0 Å². The molecule has 0 radical (unpaired) electrons. The Balaban J connectivity index is 1.92. The number of para-hydroxylation sites is 1. The van der Waals surface area contributed by atoms with Crippen molar-refractivity contribution in [3.05, 3.63) is 51.2 Å². The van der Waals surface area contributed by atoms with E-state index in [0.717, 1.165) is 16.2 Å². The second-order valence-corrected chi connectivity index (χ2v) is 6.84. The molecule has 0 spiro atoms. The third-order valence-corrected chi connectivity index (χ3v) is 4.83. The summed E-state index contributed by atoms with van der Waals surface area (Å²) in [5.41, 5.74) is 0.0338. The van der Waals surface area contributed by atoms with Gasteiger partial charge in [-0.1, -0.05) is 29.8 Å². The van der Waals surface area contributed by atoms with Gasteiger partial charge in [-0.2, -0.15) is 0 Å². The Kier molecular flexibility index (Phi) is 3.44. The van der Waals surface area contributed by atoms with Crippen molar-refractivity contribution < 1.29 is 14.6 Å². The molecule has 1 aromatic carbocycles. The van der Waals surface area contributed by atoms with Crippen LogP contribution in [0, 0.1) is 5.41 Å². The summed E-state index contributed by atoms with van der Waals surface area (Å²) in [5.74, 6) is -0.0369. The number of rotatable bonds is 3. The summed E-state index contributed by atoms with van der Waals surface area (Å²) in [6, 6.07) is 11.3. The summed E-state index contributed by atoms with van der Waals surface area (Å²) in [4.78, 5) is 12.8. The van der Waals surface area contributed by atoms with Gasteiger partial charge in [0.1, 0.15) is 17.8 Å². The van der Waals surface area contributed by atoms with Crippen LogP contribution in [0.25, 0.3) is 0 Å². The van der Waals surface area contributed by atoms with E-state index in [0.29, 0.717) is 17.2 Å². The Labute approximate surface area is 125 Å². The zero-order valence-corrected chi connectivity index (χ0v) is 12.2. The molecule has 104 valence electrons. The maximum absolute atomic E-state index is 11.8. The highest BCUT2D eigenvalue weighted by Crippen LogP contribution is 2.38. The van der Waals surface area contributed by atoms with E-state index in [1.807, 2.05) is 30.3 Å². The van der Waals surface area contributed by atoms with Crippen LogP contribution in [0.2, 0.25) is 4.34 Å². The minimum Gasteiger partial charge on any atom is -0.492 e. The highest BCUT2D eigenvalue weighted by molar-refractivity contribution is 7.16. The van der Waals surface area contributed by atoms with E-state index < -0.39 is 11.4 Å². The molecule has 1 aliphatic heterocycles. The summed E-state index contributed by atoms with van der Waals surface area (Å²) < 4.78 is 6.35. The lowest BCUT2D eigenvalue weighted by Crippen LogP contribution is -2.43. The first kappa shape index (κ1) is 13.5. The molecule has 5 heteroatoms. The van der Waals surface area contributed by atoms with E-state index in [-0.39, 0.29) is 6.61 Å². The van der Waals surface area contributed by atoms with Crippen LogP contribution in [0.4, 0.5) is 0 Å². The molecule has 0 bridgehead atoms. The van der Waals surface area contributed by atoms with Crippen LogP contribution in [-0.2, 0) is 17.6 Å². The van der Waals surface area contributed by atoms with Gasteiger partial charge in [0.05, 0.1) is 4.34 Å². The van der Waals surface area contributed by atoms with E-state index in [9.17, 15) is 9.90 Å². The molecule has 2 aromatic rings. The third-order valence-electron chi connectivity index (χ3n) is 3.60. The molecule has 1 aliphatic rings. The number of carboxylic acid groups (broad SMARTS) is 1. The molecular weight excluding hydrogens is 296 g/mol. The van der Waals surface area contributed by atoms with Crippen molar-refractivity contribution in [2.75, 3.05) is 6.61 Å². The topological polar surface area (TPSA) is 46.5 Å². The predicted molar refractivity (Wildman–Crippen MR) is 78.7 cm³/mol. The third kappa shape index (κ3) is 2.41. The molecule has 1 unspecified atom stereocenters. The van der Waals surface area contributed by atoms with Crippen molar-refractivity contribution in [1.82, 2.24) is 0 Å². The number of thiophene rings is 1. The van der Waals surface area contributed by atoms with Crippen LogP contribution in [0.15, 0.2) is 36.4 Å². The van der Waals surface area contributed by atoms with E-state index in [1.165, 1.54) is 11.3 Å². The first-order chi connectivity index (χ1) is 9.59. The summed E-state index contributed by atoms with van der Waals surface area (Å²) in [6.07, 6.45) is 0.919. The molecule has 3 nitrogen and oxygen atoms in total. The van der Waals surface area contributed by atoms with Crippen molar-refractivity contribution in [2.24, 2.45) is 5.41 Å². The maximum atomic E-state index is 11.8. The van der Waals surface area contributed by atoms with E-state index in [1.54, 1.807) is 6.07 Å². The van der Waals surface area contributed by atoms with Gasteiger partial charge >= 0.3 is 5.97 Å². The first-order valence-electron chi connectivity index (χ1n) is 6.27. The van der Waals surface area contributed by atoms with E-state index >= 15 is 0 Å². The molecule has 2 heterocycles. The van der Waals surface area contributed by atoms with Crippen molar-refractivity contribution >= 4 is 28.9 Å². The van der Waals surface area contributed by atoms with Gasteiger partial charge in [-0.25, -0.2) is 0 Å². The van der Waals surface area contributed by atoms with Crippen LogP contribution in [0.5, 0.6) is 5.75 Å². The fourth-order valence-electron chi connectivity index (χ4n) is 2.53. The fraction of sp³-hybridized carbons (Fsp3) is 0.267. The average Bonchev–Trinajstić information content (AvgIpc) is 2.83. The molecule has 0 amide bonds. The number of hydrogen-bond acceptors (Lipinski definition) is 3. The van der Waals surface area contributed by atoms with Crippen molar-refractivity contribution in [3.8, 4) is 5.75 Å². The van der Waals surface area contributed by atoms with Gasteiger partial charge in [0, 0.05) is 11.3 Å². The maximum Gasteiger partial charge on any atom is 0.313 e. The molecule has 1 aromatic heterocycles. The van der Waals surface area contributed by atoms with Gasteiger partial charge in [-0.3, -0.25) is 4.79 Å². The lowest BCUT2D eigenvalue weighted by atomic mass is 9.77. The molecule has 0 aliphatic carbocycles. The molecule has 0 fully saturated rings. The van der Waals surface area contributed by atoms with Gasteiger partial charge < -0.3 is 9.84 Å². The zero-order chi connectivity index (χ0) is 14.2. The lowest BCUT2D eigenvalue weighted by Gasteiger charge is -2.34. The summed E-state index contributed by atoms with van der Waals surface area (Å²) in [6.45, 7) is 0.189. The zero-order valence-electron chi connectivity index (χ0n) is 10.6. The SMILES string of the molecule is O=C(O)C1(Cc2ccc(Cl)s2)COc2ccccc2C1. The fourth-order valence-corrected chi connectivity index (χ4v) is 3.76. The Morgan fingerprint density at radius 2 is 2.15 bits per heavy atom. The van der Waals surface area contributed by atoms with Crippen LogP contribution in [0.1, 0.15) is 10.4 Å². The second kappa shape index (κ2) is 5.11. The molecule has 1 atom stereocenters. The van der Waals surface area contributed by atoms with Crippen molar-refractivity contribution in [3.63, 3.8) is 0 Å². The first-order valence-corrected chi connectivity index (χ1v) is 7.47. The number of hydrogen-bond donors (Lipinski definition) is 1. The minimum absolute atomic E-state index is 0.189. The number of carbonyl (C=O) groups is 1. The van der Waals surface area contributed by atoms with E-state index in [4.69, 9.17) is 16.3 Å². The largest absolute Gasteiger partial charge is 0.492 e.